The van der Waals surface area contributed by atoms with Crippen LogP contribution in [0.2, 0.25) is 0 Å². The molecular weight excluding hydrogens is 581 g/mol. The van der Waals surface area contributed by atoms with Crippen molar-refractivity contribution in [2.24, 2.45) is 4.99 Å². The molecule has 0 radical (unpaired) electrons. The molecule has 1 heterocycles. The van der Waals surface area contributed by atoms with Crippen LogP contribution in [0.3, 0.4) is 0 Å². The van der Waals surface area contributed by atoms with Gasteiger partial charge in [-0.15, -0.1) is 0 Å². The Morgan fingerprint density at radius 1 is 1.05 bits per heavy atom. The first-order valence-electron chi connectivity index (χ1n) is 12.8. The lowest BCUT2D eigenvalue weighted by Crippen LogP contribution is -2.31. The van der Waals surface area contributed by atoms with E-state index in [0.29, 0.717) is 18.7 Å². The van der Waals surface area contributed by atoms with Crippen molar-refractivity contribution < 1.29 is 45.8 Å². The van der Waals surface area contributed by atoms with Crippen molar-refractivity contribution in [3.05, 3.63) is 53.6 Å². The summed E-state index contributed by atoms with van der Waals surface area (Å²) in [5.41, 5.74) is 2.21. The highest BCUT2D eigenvalue weighted by Gasteiger charge is 2.38. The van der Waals surface area contributed by atoms with Gasteiger partial charge < -0.3 is 24.8 Å². The number of aliphatic carboxylic acids is 1. The Hall–Kier alpha value is -3.85. The number of halogens is 3. The monoisotopic (exact) mass is 616 g/mol. The lowest BCUT2D eigenvalue weighted by molar-refractivity contribution is -0.192. The molecule has 1 aliphatic rings. The van der Waals surface area contributed by atoms with E-state index in [2.05, 4.69) is 22.4 Å². The number of ether oxygens (including phenoxy) is 2. The number of hydrogen-bond donors (Lipinski definition) is 2. The Bertz CT molecular complexity index is 1350. The summed E-state index contributed by atoms with van der Waals surface area (Å²) in [5, 5.41) is 10.4. The summed E-state index contributed by atoms with van der Waals surface area (Å²) in [6.07, 6.45) is -3.67. The predicted octanol–water partition coefficient (Wildman–Crippen LogP) is 2.79. The molecule has 0 unspecified atom stereocenters. The van der Waals surface area contributed by atoms with Gasteiger partial charge in [0.1, 0.15) is 22.2 Å². The van der Waals surface area contributed by atoms with E-state index >= 15 is 0 Å². The van der Waals surface area contributed by atoms with Crippen LogP contribution in [0.25, 0.3) is 0 Å². The third-order valence-electron chi connectivity index (χ3n) is 6.23. The number of carbonyl (C=O) groups is 2. The quantitative estimate of drug-likeness (QED) is 0.372. The molecule has 0 atom stereocenters. The lowest BCUT2D eigenvalue weighted by atomic mass is 10.1. The zero-order valence-corrected chi connectivity index (χ0v) is 24.6. The highest BCUT2D eigenvalue weighted by atomic mass is 32.2. The minimum Gasteiger partial charge on any atom is -0.497 e. The van der Waals surface area contributed by atoms with Crippen LogP contribution in [0.15, 0.2) is 52.4 Å². The number of amidine groups is 1. The average Bonchev–Trinajstić information content (AvgIpc) is 3.50. The molecule has 0 saturated heterocycles. The second kappa shape index (κ2) is 15.4. The van der Waals surface area contributed by atoms with Crippen LogP contribution in [-0.4, -0.2) is 101 Å². The molecule has 232 valence electrons. The molecule has 2 N–H and O–H groups in total. The molecule has 15 heteroatoms. The minimum atomic E-state index is -5.08. The van der Waals surface area contributed by atoms with Gasteiger partial charge in [0.05, 0.1) is 20.8 Å². The number of carboxylic acid groups (broad SMARTS) is 1. The van der Waals surface area contributed by atoms with Gasteiger partial charge in [-0.1, -0.05) is 24.3 Å². The van der Waals surface area contributed by atoms with Crippen LogP contribution in [0.1, 0.15) is 24.0 Å². The zero-order chi connectivity index (χ0) is 31.5. The second-order valence-corrected chi connectivity index (χ2v) is 11.2. The molecule has 2 aromatic carbocycles. The van der Waals surface area contributed by atoms with Crippen molar-refractivity contribution in [3.8, 4) is 11.5 Å². The van der Waals surface area contributed by atoms with Gasteiger partial charge in [0.15, 0.2) is 0 Å². The van der Waals surface area contributed by atoms with E-state index in [-0.39, 0.29) is 29.5 Å². The van der Waals surface area contributed by atoms with Crippen LogP contribution in [0.4, 0.5) is 13.2 Å². The van der Waals surface area contributed by atoms with Gasteiger partial charge in [0.25, 0.3) is 0 Å². The van der Waals surface area contributed by atoms with Gasteiger partial charge in [-0.2, -0.15) is 13.2 Å². The van der Waals surface area contributed by atoms with Crippen LogP contribution < -0.4 is 14.8 Å². The number of carbonyl (C=O) groups excluding carboxylic acids is 1. The van der Waals surface area contributed by atoms with E-state index < -0.39 is 22.2 Å². The summed E-state index contributed by atoms with van der Waals surface area (Å²) in [4.78, 5) is 27.6. The fourth-order valence-electron chi connectivity index (χ4n) is 3.76. The van der Waals surface area contributed by atoms with E-state index in [1.165, 1.54) is 31.6 Å². The van der Waals surface area contributed by atoms with Gasteiger partial charge in [0.2, 0.25) is 15.9 Å². The summed E-state index contributed by atoms with van der Waals surface area (Å²) < 4.78 is 69.4. The third kappa shape index (κ3) is 9.91. The first-order chi connectivity index (χ1) is 19.7. The fourth-order valence-corrected chi connectivity index (χ4v) is 5.14. The Morgan fingerprint density at radius 3 is 2.21 bits per heavy atom. The normalized spacial score (nSPS) is 13.0. The van der Waals surface area contributed by atoms with Crippen LogP contribution in [0.5, 0.6) is 11.5 Å². The largest absolute Gasteiger partial charge is 0.497 e. The molecule has 0 aliphatic carbocycles. The number of sulfonamides is 1. The fraction of sp³-hybridized carbons (Fsp3) is 0.444. The maximum Gasteiger partial charge on any atom is 0.490 e. The highest BCUT2D eigenvalue weighted by Crippen LogP contribution is 2.30. The van der Waals surface area contributed by atoms with Gasteiger partial charge in [0, 0.05) is 51.8 Å². The maximum atomic E-state index is 13.0. The van der Waals surface area contributed by atoms with E-state index in [0.717, 1.165) is 36.5 Å². The van der Waals surface area contributed by atoms with Gasteiger partial charge in [-0.3, -0.25) is 9.79 Å². The predicted molar refractivity (Wildman–Crippen MR) is 149 cm³/mol. The van der Waals surface area contributed by atoms with E-state index in [1.54, 1.807) is 24.1 Å². The first kappa shape index (κ1) is 34.4. The SMILES string of the molecule is COc1ccc(OC)c(S(=O)(=O)N(C)CCCC(=O)N(C)CCc2ccc(C3=NCCN3)cc2)c1.O=C(O)C(F)(F)F. The summed E-state index contributed by atoms with van der Waals surface area (Å²) in [5.74, 6) is -1.17. The Balaban J connectivity index is 0.000000782. The number of benzene rings is 2. The van der Waals surface area contributed by atoms with Crippen LogP contribution >= 0.6 is 0 Å². The molecule has 0 fully saturated rings. The number of alkyl halides is 3. The Labute approximate surface area is 243 Å². The van der Waals surface area contributed by atoms with Gasteiger partial charge >= 0.3 is 12.1 Å². The zero-order valence-electron chi connectivity index (χ0n) is 23.8. The number of nitrogens with one attached hydrogen (secondary N) is 1. The standard InChI is InChI=1S/C25H34N4O5S.C2HF3O2/c1-28(17-13-19-7-9-20(10-8-19)25-26-14-15-27-25)24(30)6-5-16-29(2)35(31,32)23-18-21(33-3)11-12-22(23)34-4;3-2(4,5)1(6)7/h7-12,18H,5-6,13-17H2,1-4H3,(H,26,27);(H,6,7). The molecule has 2 aromatic rings. The Kier molecular flexibility index (Phi) is 12.6. The first-order valence-corrected chi connectivity index (χ1v) is 14.2. The molecule has 1 aliphatic heterocycles. The maximum absolute atomic E-state index is 13.0. The summed E-state index contributed by atoms with van der Waals surface area (Å²) in [6, 6.07) is 12.8. The van der Waals surface area contributed by atoms with Gasteiger partial charge in [-0.05, 0) is 30.5 Å². The highest BCUT2D eigenvalue weighted by molar-refractivity contribution is 7.89. The molecular formula is C27H35F3N4O7S. The molecule has 1 amide bonds. The number of rotatable bonds is 12. The van der Waals surface area contributed by atoms with Crippen molar-refractivity contribution in [3.63, 3.8) is 0 Å². The number of carboxylic acids is 1. The molecule has 0 bridgehead atoms. The molecule has 0 spiro atoms. The van der Waals surface area contributed by atoms with E-state index in [4.69, 9.17) is 19.4 Å². The minimum absolute atomic E-state index is 0.0177. The molecule has 0 saturated carbocycles. The van der Waals surface area contributed by atoms with Crippen molar-refractivity contribution in [1.82, 2.24) is 14.5 Å². The summed E-state index contributed by atoms with van der Waals surface area (Å²) >= 11 is 0. The van der Waals surface area contributed by atoms with Crippen molar-refractivity contribution >= 4 is 27.7 Å². The molecule has 0 aromatic heterocycles. The van der Waals surface area contributed by atoms with Crippen molar-refractivity contribution in [2.45, 2.75) is 30.3 Å². The van der Waals surface area contributed by atoms with Crippen LogP contribution in [-0.2, 0) is 26.0 Å². The number of methoxy groups -OCH3 is 2. The van der Waals surface area contributed by atoms with E-state index in [9.17, 15) is 26.4 Å². The summed E-state index contributed by atoms with van der Waals surface area (Å²) in [7, 11) is 2.37. The number of hydrogen-bond acceptors (Lipinski definition) is 8. The second-order valence-electron chi connectivity index (χ2n) is 9.17. The molecule has 3 rings (SSSR count). The number of nitrogens with zero attached hydrogens (tertiary/aromatic N) is 3. The van der Waals surface area contributed by atoms with Gasteiger partial charge in [-0.25, -0.2) is 17.5 Å². The topological polar surface area (TPSA) is 138 Å². The summed E-state index contributed by atoms with van der Waals surface area (Å²) in [6.45, 7) is 2.48. The Morgan fingerprint density at radius 2 is 1.69 bits per heavy atom. The lowest BCUT2D eigenvalue weighted by Gasteiger charge is -2.20. The smallest absolute Gasteiger partial charge is 0.490 e. The molecule has 11 nitrogen and oxygen atoms in total. The van der Waals surface area contributed by atoms with Crippen molar-refractivity contribution in [2.75, 3.05) is 54.5 Å². The van der Waals surface area contributed by atoms with Crippen LogP contribution in [0, 0.1) is 0 Å². The third-order valence-corrected chi connectivity index (χ3v) is 8.11. The number of amides is 1. The number of aliphatic imine (C=N–C) groups is 1. The number of likely N-dealkylation sites (N-methyl/N-ethyl adjacent to an activating group) is 1. The van der Waals surface area contributed by atoms with Crippen molar-refractivity contribution in [1.29, 1.82) is 0 Å². The average molecular weight is 617 g/mol. The molecule has 42 heavy (non-hydrogen) atoms. The van der Waals surface area contributed by atoms with E-state index in [1.807, 2.05) is 12.1 Å².